The lowest BCUT2D eigenvalue weighted by Crippen LogP contribution is -2.30. The van der Waals surface area contributed by atoms with Crippen molar-refractivity contribution < 1.29 is 28.2 Å². The van der Waals surface area contributed by atoms with Gasteiger partial charge in [0.05, 0.1) is 22.9 Å². The van der Waals surface area contributed by atoms with Crippen molar-refractivity contribution in [1.82, 2.24) is 5.32 Å². The zero-order chi connectivity index (χ0) is 26.6. The predicted molar refractivity (Wildman–Crippen MR) is 141 cm³/mol. The lowest BCUT2D eigenvalue weighted by molar-refractivity contribution is -0.137. The third-order valence-corrected chi connectivity index (χ3v) is 7.09. The quantitative estimate of drug-likeness (QED) is 0.301. The van der Waals surface area contributed by atoms with E-state index in [1.165, 1.54) is 24.3 Å². The third-order valence-electron chi connectivity index (χ3n) is 5.96. The molecule has 0 aliphatic heterocycles. The van der Waals surface area contributed by atoms with Gasteiger partial charge in [-0.15, -0.1) is 0 Å². The molecule has 8 heteroatoms. The second-order valence-corrected chi connectivity index (χ2v) is 10.7. The minimum atomic E-state index is -3.35. The number of hydrogen-bond acceptors (Lipinski definition) is 5. The number of benzene rings is 4. The Hall–Kier alpha value is -4.43. The van der Waals surface area contributed by atoms with Crippen LogP contribution in [0.4, 0.5) is 0 Å². The Morgan fingerprint density at radius 3 is 1.92 bits per heavy atom. The molecule has 0 fully saturated rings. The minimum absolute atomic E-state index is 0.0269. The van der Waals surface area contributed by atoms with Crippen LogP contribution < -0.4 is 5.32 Å². The Labute approximate surface area is 215 Å². The average molecular weight is 516 g/mol. The highest BCUT2D eigenvalue weighted by Crippen LogP contribution is 2.29. The summed E-state index contributed by atoms with van der Waals surface area (Å²) in [5, 5.41) is 22.5. The van der Waals surface area contributed by atoms with E-state index in [4.69, 9.17) is 0 Å². The molecule has 0 radical (unpaired) electrons. The second kappa shape index (κ2) is 10.7. The number of aliphatic carboxylic acids is 1. The van der Waals surface area contributed by atoms with Gasteiger partial charge in [-0.2, -0.15) is 0 Å². The number of amides is 1. The molecule has 0 aliphatic carbocycles. The van der Waals surface area contributed by atoms with Crippen LogP contribution in [0.15, 0.2) is 102 Å². The Morgan fingerprint density at radius 2 is 1.32 bits per heavy atom. The molecule has 1 unspecified atom stereocenters. The fourth-order valence-corrected chi connectivity index (χ4v) is 4.62. The molecule has 4 rings (SSSR count). The fraction of sp³-hybridized carbons (Fsp3) is 0.103. The van der Waals surface area contributed by atoms with Gasteiger partial charge in [0.15, 0.2) is 9.84 Å². The van der Waals surface area contributed by atoms with Crippen LogP contribution in [0.5, 0.6) is 5.75 Å². The van der Waals surface area contributed by atoms with E-state index in [0.717, 1.165) is 17.4 Å². The minimum Gasteiger partial charge on any atom is -0.507 e. The maximum atomic E-state index is 13.1. The number of sulfone groups is 1. The van der Waals surface area contributed by atoms with Gasteiger partial charge >= 0.3 is 5.97 Å². The van der Waals surface area contributed by atoms with Crippen LogP contribution in [0.2, 0.25) is 0 Å². The number of rotatable bonds is 8. The molecule has 188 valence electrons. The maximum absolute atomic E-state index is 13.1. The molecular weight excluding hydrogens is 490 g/mol. The molecule has 37 heavy (non-hydrogen) atoms. The zero-order valence-corrected chi connectivity index (χ0v) is 20.8. The molecule has 0 bridgehead atoms. The summed E-state index contributed by atoms with van der Waals surface area (Å²) in [5.74, 6) is -1.98. The molecule has 0 saturated heterocycles. The van der Waals surface area contributed by atoms with Crippen LogP contribution in [0.3, 0.4) is 0 Å². The maximum Gasteiger partial charge on any atom is 0.305 e. The number of phenols is 1. The first-order valence-corrected chi connectivity index (χ1v) is 13.3. The summed E-state index contributed by atoms with van der Waals surface area (Å²) in [5.41, 5.74) is 3.80. The fourth-order valence-electron chi connectivity index (χ4n) is 3.99. The molecular formula is C29H25NO6S. The summed E-state index contributed by atoms with van der Waals surface area (Å²) in [6.07, 6.45) is 0.775. The van der Waals surface area contributed by atoms with E-state index in [-0.39, 0.29) is 22.6 Å². The van der Waals surface area contributed by atoms with Gasteiger partial charge in [0.1, 0.15) is 5.75 Å². The van der Waals surface area contributed by atoms with Crippen LogP contribution in [0, 0.1) is 0 Å². The first kappa shape index (κ1) is 25.7. The smallest absolute Gasteiger partial charge is 0.305 e. The molecule has 0 saturated carbocycles. The topological polar surface area (TPSA) is 121 Å². The summed E-state index contributed by atoms with van der Waals surface area (Å²) >= 11 is 0. The monoisotopic (exact) mass is 515 g/mol. The summed E-state index contributed by atoms with van der Waals surface area (Å²) in [4.78, 5) is 24.9. The van der Waals surface area contributed by atoms with Crippen molar-refractivity contribution in [3.8, 4) is 28.0 Å². The Balaban J connectivity index is 1.59. The third kappa shape index (κ3) is 6.23. The van der Waals surface area contributed by atoms with E-state index in [1.807, 2.05) is 42.5 Å². The number of nitrogens with one attached hydrogen (secondary N) is 1. The molecule has 3 N–H and O–H groups in total. The number of carbonyl (C=O) groups excluding carboxylic acids is 1. The summed E-state index contributed by atoms with van der Waals surface area (Å²) in [7, 11) is -3.35. The van der Waals surface area contributed by atoms with Crippen molar-refractivity contribution in [2.45, 2.75) is 17.4 Å². The molecule has 0 aromatic heterocycles. The van der Waals surface area contributed by atoms with Crippen molar-refractivity contribution >= 4 is 21.7 Å². The highest BCUT2D eigenvalue weighted by atomic mass is 32.2. The first-order valence-electron chi connectivity index (χ1n) is 11.4. The SMILES string of the molecule is CS(=O)(=O)c1ccc(-c2ccc(O)c(C(=O)NC(CC(=O)O)c3ccc(-c4ccccc4)cc3)c2)cc1. The van der Waals surface area contributed by atoms with Crippen LogP contribution in [-0.4, -0.2) is 36.8 Å². The predicted octanol–water partition coefficient (Wildman–Crippen LogP) is 5.08. The number of carboxylic acid groups (broad SMARTS) is 1. The van der Waals surface area contributed by atoms with Gasteiger partial charge in [-0.25, -0.2) is 8.42 Å². The van der Waals surface area contributed by atoms with Crippen molar-refractivity contribution in [3.05, 3.63) is 108 Å². The second-order valence-electron chi connectivity index (χ2n) is 8.64. The van der Waals surface area contributed by atoms with Crippen molar-refractivity contribution in [2.24, 2.45) is 0 Å². The number of carbonyl (C=O) groups is 2. The average Bonchev–Trinajstić information content (AvgIpc) is 2.88. The zero-order valence-electron chi connectivity index (χ0n) is 20.0. The molecule has 0 heterocycles. The van der Waals surface area contributed by atoms with Gasteiger partial charge in [0.2, 0.25) is 0 Å². The van der Waals surface area contributed by atoms with E-state index >= 15 is 0 Å². The van der Waals surface area contributed by atoms with Gasteiger partial charge in [-0.05, 0) is 52.1 Å². The van der Waals surface area contributed by atoms with Gasteiger partial charge in [-0.3, -0.25) is 9.59 Å². The van der Waals surface area contributed by atoms with E-state index in [9.17, 15) is 28.2 Å². The first-order chi connectivity index (χ1) is 17.6. The van der Waals surface area contributed by atoms with Crippen LogP contribution in [-0.2, 0) is 14.6 Å². The Morgan fingerprint density at radius 1 is 0.784 bits per heavy atom. The molecule has 4 aromatic rings. The standard InChI is InChI=1S/C29H25NO6S/c1-37(35,36)24-14-11-21(12-15-24)23-13-16-27(31)25(17-23)29(34)30-26(18-28(32)33)22-9-7-20(8-10-22)19-5-3-2-4-6-19/h2-17,26,31H,18H2,1H3,(H,30,34)(H,32,33). The highest BCUT2D eigenvalue weighted by molar-refractivity contribution is 7.90. The molecule has 7 nitrogen and oxygen atoms in total. The molecule has 1 amide bonds. The number of carboxylic acids is 1. The van der Waals surface area contributed by atoms with Gasteiger partial charge in [0.25, 0.3) is 5.91 Å². The van der Waals surface area contributed by atoms with E-state index < -0.39 is 27.8 Å². The molecule has 1 atom stereocenters. The van der Waals surface area contributed by atoms with Crippen molar-refractivity contribution in [3.63, 3.8) is 0 Å². The largest absolute Gasteiger partial charge is 0.507 e. The highest BCUT2D eigenvalue weighted by Gasteiger charge is 2.21. The molecule has 0 spiro atoms. The summed E-state index contributed by atoms with van der Waals surface area (Å²) < 4.78 is 23.5. The van der Waals surface area contributed by atoms with E-state index in [0.29, 0.717) is 16.7 Å². The lowest BCUT2D eigenvalue weighted by Gasteiger charge is -2.19. The van der Waals surface area contributed by atoms with Crippen molar-refractivity contribution in [2.75, 3.05) is 6.26 Å². The van der Waals surface area contributed by atoms with Gasteiger partial charge < -0.3 is 15.5 Å². The number of hydrogen-bond donors (Lipinski definition) is 3. The summed E-state index contributed by atoms with van der Waals surface area (Å²) in [6, 6.07) is 26.8. The van der Waals surface area contributed by atoms with Crippen LogP contribution >= 0.6 is 0 Å². The number of aromatic hydroxyl groups is 1. The van der Waals surface area contributed by atoms with Gasteiger partial charge in [0, 0.05) is 6.26 Å². The Bertz CT molecular complexity index is 1530. The molecule has 4 aromatic carbocycles. The van der Waals surface area contributed by atoms with Crippen LogP contribution in [0.25, 0.3) is 22.3 Å². The Kier molecular flexibility index (Phi) is 7.40. The van der Waals surface area contributed by atoms with E-state index in [1.54, 1.807) is 30.3 Å². The normalized spacial score (nSPS) is 12.0. The number of phenolic OH excluding ortho intramolecular Hbond substituents is 1. The van der Waals surface area contributed by atoms with E-state index in [2.05, 4.69) is 5.32 Å². The lowest BCUT2D eigenvalue weighted by atomic mass is 9.98. The van der Waals surface area contributed by atoms with Crippen LogP contribution in [0.1, 0.15) is 28.4 Å². The molecule has 0 aliphatic rings. The summed E-state index contributed by atoms with van der Waals surface area (Å²) in [6.45, 7) is 0. The van der Waals surface area contributed by atoms with Gasteiger partial charge in [-0.1, -0.05) is 72.8 Å². The van der Waals surface area contributed by atoms with Crippen molar-refractivity contribution in [1.29, 1.82) is 0 Å².